The molecule has 1 aromatic carbocycles. The van der Waals surface area contributed by atoms with Crippen molar-refractivity contribution in [3.05, 3.63) is 46.7 Å². The van der Waals surface area contributed by atoms with Crippen molar-refractivity contribution in [2.75, 3.05) is 46.2 Å². The molecule has 1 saturated heterocycles. The van der Waals surface area contributed by atoms with Crippen molar-refractivity contribution in [2.45, 2.75) is 25.5 Å². The van der Waals surface area contributed by atoms with Gasteiger partial charge in [0.05, 0.1) is 41.7 Å². The first kappa shape index (κ1) is 23.1. The fourth-order valence-electron chi connectivity index (χ4n) is 3.58. The summed E-state index contributed by atoms with van der Waals surface area (Å²) in [5.41, 5.74) is 7.47. The molecule has 0 spiro atoms. The zero-order valence-electron chi connectivity index (χ0n) is 18.1. The fraction of sp³-hybridized carbons (Fsp3) is 0.455. The fourth-order valence-corrected chi connectivity index (χ4v) is 3.75. The van der Waals surface area contributed by atoms with Crippen LogP contribution in [-0.2, 0) is 4.74 Å². The Balaban J connectivity index is 1.54. The van der Waals surface area contributed by atoms with E-state index in [-0.39, 0.29) is 18.1 Å². The number of nitrogens with zero attached hydrogens (tertiary/aromatic N) is 2. The Kier molecular flexibility index (Phi) is 7.95. The predicted octanol–water partition coefficient (Wildman–Crippen LogP) is 2.53. The summed E-state index contributed by atoms with van der Waals surface area (Å²) in [6.45, 7) is 4.77. The van der Waals surface area contributed by atoms with Gasteiger partial charge in [-0.3, -0.25) is 14.7 Å². The molecule has 0 unspecified atom stereocenters. The summed E-state index contributed by atoms with van der Waals surface area (Å²) in [7, 11) is 3.15. The number of nitrogen functional groups attached to an aromatic ring is 1. The highest BCUT2D eigenvalue weighted by molar-refractivity contribution is 6.33. The number of benzene rings is 1. The van der Waals surface area contributed by atoms with Crippen LogP contribution in [0.2, 0.25) is 5.02 Å². The summed E-state index contributed by atoms with van der Waals surface area (Å²) in [6, 6.07) is 6.79. The van der Waals surface area contributed by atoms with E-state index in [0.717, 1.165) is 31.0 Å². The number of methoxy groups -OCH3 is 2. The maximum atomic E-state index is 12.9. The molecule has 0 saturated carbocycles. The van der Waals surface area contributed by atoms with E-state index in [2.05, 4.69) is 15.2 Å². The zero-order chi connectivity index (χ0) is 22.4. The third kappa shape index (κ3) is 6.00. The maximum Gasteiger partial charge on any atom is 0.255 e. The van der Waals surface area contributed by atoms with Gasteiger partial charge in [0, 0.05) is 38.5 Å². The smallest absolute Gasteiger partial charge is 0.255 e. The van der Waals surface area contributed by atoms with E-state index in [9.17, 15) is 4.79 Å². The van der Waals surface area contributed by atoms with Crippen LogP contribution in [-0.4, -0.2) is 68.4 Å². The van der Waals surface area contributed by atoms with Crippen LogP contribution in [0.3, 0.4) is 0 Å². The van der Waals surface area contributed by atoms with Gasteiger partial charge in [0.2, 0.25) is 0 Å². The molecule has 2 aromatic rings. The normalized spacial score (nSPS) is 19.1. The molecule has 9 heteroatoms. The number of halogens is 1. The number of likely N-dealkylation sites (tertiary alicyclic amines) is 1. The molecule has 1 aliphatic heterocycles. The van der Waals surface area contributed by atoms with Crippen LogP contribution in [0.15, 0.2) is 30.5 Å². The van der Waals surface area contributed by atoms with Gasteiger partial charge in [0.25, 0.3) is 5.91 Å². The number of carbonyl (C=O) groups is 1. The third-order valence-electron chi connectivity index (χ3n) is 5.39. The number of amides is 1. The molecule has 31 heavy (non-hydrogen) atoms. The van der Waals surface area contributed by atoms with Gasteiger partial charge >= 0.3 is 0 Å². The first-order chi connectivity index (χ1) is 14.9. The van der Waals surface area contributed by atoms with Gasteiger partial charge < -0.3 is 25.3 Å². The largest absolute Gasteiger partial charge is 0.496 e. The van der Waals surface area contributed by atoms with Gasteiger partial charge in [0.1, 0.15) is 18.1 Å². The van der Waals surface area contributed by atoms with Gasteiger partial charge in [-0.05, 0) is 31.5 Å². The molecule has 0 radical (unpaired) electrons. The average Bonchev–Trinajstić information content (AvgIpc) is 2.77. The van der Waals surface area contributed by atoms with E-state index in [1.165, 1.54) is 13.2 Å². The molecule has 1 aliphatic rings. The highest BCUT2D eigenvalue weighted by atomic mass is 35.5. The second-order valence-electron chi connectivity index (χ2n) is 7.50. The number of ether oxygens (including phenoxy) is 3. The van der Waals surface area contributed by atoms with Crippen molar-refractivity contribution < 1.29 is 19.0 Å². The summed E-state index contributed by atoms with van der Waals surface area (Å²) >= 11 is 6.10. The Bertz CT molecular complexity index is 894. The number of aryl methyl sites for hydroxylation is 1. The first-order valence-corrected chi connectivity index (χ1v) is 10.5. The highest BCUT2D eigenvalue weighted by Crippen LogP contribution is 2.29. The summed E-state index contributed by atoms with van der Waals surface area (Å²) in [5.74, 6) is 0.871. The van der Waals surface area contributed by atoms with E-state index >= 15 is 0 Å². The third-order valence-corrected chi connectivity index (χ3v) is 5.71. The zero-order valence-corrected chi connectivity index (χ0v) is 18.8. The minimum absolute atomic E-state index is 0.128. The second-order valence-corrected chi connectivity index (χ2v) is 7.91. The van der Waals surface area contributed by atoms with Gasteiger partial charge in [-0.1, -0.05) is 11.6 Å². The Morgan fingerprint density at radius 2 is 2.16 bits per heavy atom. The Morgan fingerprint density at radius 3 is 2.84 bits per heavy atom. The van der Waals surface area contributed by atoms with E-state index in [1.807, 2.05) is 19.1 Å². The number of rotatable bonds is 8. The minimum Gasteiger partial charge on any atom is -0.496 e. The van der Waals surface area contributed by atoms with Crippen LogP contribution < -0.4 is 20.5 Å². The Labute approximate surface area is 187 Å². The molecule has 1 amide bonds. The Morgan fingerprint density at radius 1 is 1.35 bits per heavy atom. The lowest BCUT2D eigenvalue weighted by Crippen LogP contribution is -2.55. The number of nitrogens with one attached hydrogen (secondary N) is 1. The Hall–Kier alpha value is -2.55. The van der Waals surface area contributed by atoms with E-state index in [1.54, 1.807) is 19.4 Å². The van der Waals surface area contributed by atoms with Crippen molar-refractivity contribution in [1.82, 2.24) is 15.2 Å². The lowest BCUT2D eigenvalue weighted by molar-refractivity contribution is 0.00321. The van der Waals surface area contributed by atoms with Crippen LogP contribution in [0.4, 0.5) is 5.69 Å². The number of anilines is 1. The molecule has 3 rings (SSSR count). The van der Waals surface area contributed by atoms with Gasteiger partial charge in [0.15, 0.2) is 0 Å². The standard InChI is InChI=1S/C22H29ClN4O4/c1-14-4-5-15(12-25-14)31-9-8-27-7-6-19(21(13-27)30-3)26-22(28)16-10-17(23)18(24)11-20(16)29-2/h4-5,10-12,19,21H,6-9,13,24H2,1-3H3,(H,26,28)/t19-,21+/m0/s1. The van der Waals surface area contributed by atoms with Crippen molar-refractivity contribution in [3.8, 4) is 11.5 Å². The molecule has 1 fully saturated rings. The molecule has 0 bridgehead atoms. The van der Waals surface area contributed by atoms with Crippen molar-refractivity contribution >= 4 is 23.2 Å². The van der Waals surface area contributed by atoms with E-state index in [4.69, 9.17) is 31.5 Å². The summed E-state index contributed by atoms with van der Waals surface area (Å²) < 4.78 is 16.7. The van der Waals surface area contributed by atoms with Crippen molar-refractivity contribution in [1.29, 1.82) is 0 Å². The average molecular weight is 449 g/mol. The molecule has 168 valence electrons. The molecule has 8 nitrogen and oxygen atoms in total. The van der Waals surface area contributed by atoms with Crippen molar-refractivity contribution in [3.63, 3.8) is 0 Å². The summed E-state index contributed by atoms with van der Waals surface area (Å²) in [4.78, 5) is 19.4. The number of hydrogen-bond acceptors (Lipinski definition) is 7. The molecular weight excluding hydrogens is 420 g/mol. The SMILES string of the molecule is COc1cc(N)c(Cl)cc1C(=O)N[C@H]1CCN(CCOc2ccc(C)nc2)C[C@H]1OC. The molecule has 1 aromatic heterocycles. The topological polar surface area (TPSA) is 98.9 Å². The monoisotopic (exact) mass is 448 g/mol. The molecule has 0 aliphatic carbocycles. The quantitative estimate of drug-likeness (QED) is 0.598. The lowest BCUT2D eigenvalue weighted by atomic mass is 10.0. The minimum atomic E-state index is -0.269. The lowest BCUT2D eigenvalue weighted by Gasteiger charge is -2.38. The first-order valence-electron chi connectivity index (χ1n) is 10.2. The number of aromatic nitrogens is 1. The predicted molar refractivity (Wildman–Crippen MR) is 120 cm³/mol. The summed E-state index contributed by atoms with van der Waals surface area (Å²) in [6.07, 6.45) is 2.34. The van der Waals surface area contributed by atoms with Crippen LogP contribution >= 0.6 is 11.6 Å². The van der Waals surface area contributed by atoms with Gasteiger partial charge in [-0.25, -0.2) is 0 Å². The number of nitrogens with two attached hydrogens (primary N) is 1. The second kappa shape index (κ2) is 10.7. The number of hydrogen-bond donors (Lipinski definition) is 2. The van der Waals surface area contributed by atoms with Crippen LogP contribution in [0, 0.1) is 6.92 Å². The number of carbonyl (C=O) groups excluding carboxylic acids is 1. The van der Waals surface area contributed by atoms with E-state index < -0.39 is 0 Å². The molecule has 2 heterocycles. The molecular formula is C22H29ClN4O4. The number of pyridine rings is 1. The molecule has 2 atom stereocenters. The van der Waals surface area contributed by atoms with Gasteiger partial charge in [-0.15, -0.1) is 0 Å². The highest BCUT2D eigenvalue weighted by Gasteiger charge is 2.31. The van der Waals surface area contributed by atoms with Crippen LogP contribution in [0.25, 0.3) is 0 Å². The molecule has 3 N–H and O–H groups in total. The van der Waals surface area contributed by atoms with E-state index in [0.29, 0.717) is 35.2 Å². The maximum absolute atomic E-state index is 12.9. The van der Waals surface area contributed by atoms with Gasteiger partial charge in [-0.2, -0.15) is 0 Å². The summed E-state index contributed by atoms with van der Waals surface area (Å²) in [5, 5.41) is 3.37. The van der Waals surface area contributed by atoms with Crippen LogP contribution in [0.5, 0.6) is 11.5 Å². The van der Waals surface area contributed by atoms with Crippen LogP contribution in [0.1, 0.15) is 22.5 Å². The number of piperidine rings is 1. The van der Waals surface area contributed by atoms with Crippen molar-refractivity contribution in [2.24, 2.45) is 0 Å².